The maximum atomic E-state index is 13.5. The van der Waals surface area contributed by atoms with Gasteiger partial charge in [0.1, 0.15) is 17.4 Å². The number of aromatic nitrogens is 2. The summed E-state index contributed by atoms with van der Waals surface area (Å²) in [6.45, 7) is 8.14. The number of methoxy groups -OCH3 is 1. The molecule has 0 radical (unpaired) electrons. The Labute approximate surface area is 233 Å². The molecule has 0 saturated carbocycles. The normalized spacial score (nSPS) is 10.8. The van der Waals surface area contributed by atoms with Crippen LogP contribution in [0.4, 0.5) is 0 Å². The van der Waals surface area contributed by atoms with Gasteiger partial charge in [-0.2, -0.15) is 5.26 Å². The molecule has 8 heteroatoms. The Bertz CT molecular complexity index is 1700. The van der Waals surface area contributed by atoms with Crippen LogP contribution in [-0.4, -0.2) is 41.0 Å². The van der Waals surface area contributed by atoms with Gasteiger partial charge in [0.15, 0.2) is 12.4 Å². The Balaban J connectivity index is 1.59. The van der Waals surface area contributed by atoms with Gasteiger partial charge in [-0.1, -0.05) is 18.2 Å². The molecule has 4 rings (SSSR count). The number of Topliss-reactive ketones (excluding diaryl/α,β-unsaturated/α-hetero) is 1. The van der Waals surface area contributed by atoms with E-state index in [-0.39, 0.29) is 48.0 Å². The summed E-state index contributed by atoms with van der Waals surface area (Å²) in [6.07, 6.45) is 1.41. The zero-order valence-electron chi connectivity index (χ0n) is 23.3. The van der Waals surface area contributed by atoms with Crippen LogP contribution in [0.5, 0.6) is 5.75 Å². The smallest absolute Gasteiger partial charge is 0.268 e. The second-order valence-electron chi connectivity index (χ2n) is 9.67. The fraction of sp³-hybridized carbons (Fsp3) is 0.250. The number of hydrogen-bond acceptors (Lipinski definition) is 6. The van der Waals surface area contributed by atoms with Crippen LogP contribution in [0, 0.1) is 39.0 Å². The average Bonchev–Trinajstić information content (AvgIpc) is 3.25. The number of nitrogens with zero attached hydrogens (tertiary/aromatic N) is 3. The lowest BCUT2D eigenvalue weighted by Crippen LogP contribution is -2.25. The zero-order chi connectivity index (χ0) is 29.0. The molecule has 40 heavy (non-hydrogen) atoms. The van der Waals surface area contributed by atoms with E-state index in [2.05, 4.69) is 26.0 Å². The topological polar surface area (TPSA) is 103 Å². The first-order chi connectivity index (χ1) is 19.2. The fourth-order valence-electron chi connectivity index (χ4n) is 4.66. The van der Waals surface area contributed by atoms with Crippen LogP contribution in [0.3, 0.4) is 0 Å². The minimum atomic E-state index is -0.496. The monoisotopic (exact) mass is 537 g/mol. The SMILES string of the molecule is COCCn1cc(C(=O)c2ccccc2OCC(=O)c2cc(C)n(-c3ccc(C)c(C)c3)c2C)cc(C#N)c1=O. The number of benzene rings is 2. The van der Waals surface area contributed by atoms with Gasteiger partial charge >= 0.3 is 0 Å². The molecule has 0 aliphatic heterocycles. The van der Waals surface area contributed by atoms with Crippen molar-refractivity contribution in [2.24, 2.45) is 0 Å². The predicted octanol–water partition coefficient (Wildman–Crippen LogP) is 4.88. The number of nitriles is 1. The summed E-state index contributed by atoms with van der Waals surface area (Å²) >= 11 is 0. The summed E-state index contributed by atoms with van der Waals surface area (Å²) in [5.74, 6) is -0.416. The number of pyridine rings is 1. The van der Waals surface area contributed by atoms with Crippen molar-refractivity contribution in [1.29, 1.82) is 5.26 Å². The van der Waals surface area contributed by atoms with E-state index in [0.29, 0.717) is 5.56 Å². The minimum Gasteiger partial charge on any atom is -0.485 e. The van der Waals surface area contributed by atoms with Gasteiger partial charge in [-0.3, -0.25) is 14.4 Å². The maximum Gasteiger partial charge on any atom is 0.268 e. The van der Waals surface area contributed by atoms with E-state index in [4.69, 9.17) is 9.47 Å². The van der Waals surface area contributed by atoms with Crippen LogP contribution in [0.15, 0.2) is 65.6 Å². The Morgan fingerprint density at radius 1 is 0.950 bits per heavy atom. The van der Waals surface area contributed by atoms with Crippen LogP contribution in [-0.2, 0) is 11.3 Å². The lowest BCUT2D eigenvalue weighted by atomic mass is 10.0. The van der Waals surface area contributed by atoms with Crippen molar-refractivity contribution in [3.63, 3.8) is 0 Å². The predicted molar refractivity (Wildman–Crippen MR) is 152 cm³/mol. The summed E-state index contributed by atoms with van der Waals surface area (Å²) in [7, 11) is 1.50. The number of carbonyl (C=O) groups excluding carboxylic acids is 2. The van der Waals surface area contributed by atoms with Gasteiger partial charge in [0.25, 0.3) is 5.56 Å². The molecule has 2 aromatic heterocycles. The largest absolute Gasteiger partial charge is 0.485 e. The molecule has 0 saturated heterocycles. The van der Waals surface area contributed by atoms with E-state index >= 15 is 0 Å². The summed E-state index contributed by atoms with van der Waals surface area (Å²) in [6, 6.07) is 17.8. The van der Waals surface area contributed by atoms with Crippen LogP contribution in [0.1, 0.15) is 54.4 Å². The summed E-state index contributed by atoms with van der Waals surface area (Å²) in [5, 5.41) is 9.43. The molecule has 204 valence electrons. The Morgan fingerprint density at radius 3 is 2.40 bits per heavy atom. The summed E-state index contributed by atoms with van der Waals surface area (Å²) in [5.41, 5.74) is 5.36. The second-order valence-corrected chi connectivity index (χ2v) is 9.67. The van der Waals surface area contributed by atoms with E-state index < -0.39 is 11.3 Å². The highest BCUT2D eigenvalue weighted by Gasteiger charge is 2.21. The molecule has 0 atom stereocenters. The van der Waals surface area contributed by atoms with Crippen LogP contribution < -0.4 is 10.3 Å². The Kier molecular flexibility index (Phi) is 8.46. The number of hydrogen-bond donors (Lipinski definition) is 0. The molecular weight excluding hydrogens is 506 g/mol. The molecule has 8 nitrogen and oxygen atoms in total. The molecular formula is C32H31N3O5. The van der Waals surface area contributed by atoms with Gasteiger partial charge in [0.2, 0.25) is 5.78 Å². The lowest BCUT2D eigenvalue weighted by molar-refractivity contribution is 0.0914. The fourth-order valence-corrected chi connectivity index (χ4v) is 4.66. The molecule has 0 bridgehead atoms. The maximum absolute atomic E-state index is 13.5. The first kappa shape index (κ1) is 28.3. The molecule has 0 spiro atoms. The number of rotatable bonds is 10. The number of para-hydroxylation sites is 1. The third kappa shape index (κ3) is 5.65. The first-order valence-corrected chi connectivity index (χ1v) is 12.9. The van der Waals surface area contributed by atoms with Gasteiger partial charge < -0.3 is 18.6 Å². The number of carbonyl (C=O) groups is 2. The zero-order valence-corrected chi connectivity index (χ0v) is 23.3. The molecule has 0 N–H and O–H groups in total. The summed E-state index contributed by atoms with van der Waals surface area (Å²) in [4.78, 5) is 39.2. The number of ketones is 2. The molecule has 0 aliphatic carbocycles. The molecule has 0 fully saturated rings. The minimum absolute atomic E-state index is 0.144. The van der Waals surface area contributed by atoms with E-state index in [1.165, 1.54) is 35.1 Å². The van der Waals surface area contributed by atoms with Crippen molar-refractivity contribution in [2.75, 3.05) is 20.3 Å². The Morgan fingerprint density at radius 2 is 1.70 bits per heavy atom. The summed E-state index contributed by atoms with van der Waals surface area (Å²) < 4.78 is 14.3. The number of aryl methyl sites for hydroxylation is 3. The van der Waals surface area contributed by atoms with Crippen molar-refractivity contribution < 1.29 is 19.1 Å². The van der Waals surface area contributed by atoms with Crippen molar-refractivity contribution in [3.05, 3.63) is 116 Å². The molecule has 4 aromatic rings. The van der Waals surface area contributed by atoms with Crippen molar-refractivity contribution >= 4 is 11.6 Å². The molecule has 0 amide bonds. The van der Waals surface area contributed by atoms with Crippen LogP contribution in [0.25, 0.3) is 5.69 Å². The average molecular weight is 538 g/mol. The lowest BCUT2D eigenvalue weighted by Gasteiger charge is -2.13. The highest BCUT2D eigenvalue weighted by atomic mass is 16.5. The van der Waals surface area contributed by atoms with E-state index in [1.807, 2.05) is 36.6 Å². The third-order valence-electron chi connectivity index (χ3n) is 6.98. The van der Waals surface area contributed by atoms with Crippen molar-refractivity contribution in [2.45, 2.75) is 34.2 Å². The van der Waals surface area contributed by atoms with Gasteiger partial charge in [0.05, 0.1) is 12.2 Å². The van der Waals surface area contributed by atoms with Gasteiger partial charge in [-0.25, -0.2) is 0 Å². The molecule has 2 heterocycles. The van der Waals surface area contributed by atoms with Crippen LogP contribution in [0.2, 0.25) is 0 Å². The van der Waals surface area contributed by atoms with Crippen LogP contribution >= 0.6 is 0 Å². The van der Waals surface area contributed by atoms with Gasteiger partial charge in [-0.05, 0) is 75.2 Å². The second kappa shape index (κ2) is 12.0. The third-order valence-corrected chi connectivity index (χ3v) is 6.98. The van der Waals surface area contributed by atoms with Crippen molar-refractivity contribution in [3.8, 4) is 17.5 Å². The molecule has 0 aliphatic rings. The van der Waals surface area contributed by atoms with Gasteiger partial charge in [-0.15, -0.1) is 0 Å². The van der Waals surface area contributed by atoms with E-state index in [1.54, 1.807) is 24.3 Å². The number of ether oxygens (including phenoxy) is 2. The molecule has 2 aromatic carbocycles. The van der Waals surface area contributed by atoms with Crippen molar-refractivity contribution in [1.82, 2.24) is 9.13 Å². The Hall–Kier alpha value is -4.74. The van der Waals surface area contributed by atoms with Gasteiger partial charge in [0, 0.05) is 48.1 Å². The highest BCUT2D eigenvalue weighted by molar-refractivity contribution is 6.10. The first-order valence-electron chi connectivity index (χ1n) is 12.9. The highest BCUT2D eigenvalue weighted by Crippen LogP contribution is 2.25. The van der Waals surface area contributed by atoms with E-state index in [0.717, 1.165) is 17.1 Å². The van der Waals surface area contributed by atoms with E-state index in [9.17, 15) is 19.6 Å². The molecule has 0 unspecified atom stereocenters. The quantitative estimate of drug-likeness (QED) is 0.267. The standard InChI is InChI=1S/C32H31N3O5/c1-20-10-11-26(14-21(20)2)35-22(3)15-28(23(35)4)29(36)19-40-30-9-7-6-8-27(30)31(37)25-16-24(17-33)32(38)34(18-25)12-13-39-5/h6-11,14-16,18H,12-13,19H2,1-5H3.